The van der Waals surface area contributed by atoms with Gasteiger partial charge in [-0.3, -0.25) is 4.68 Å². The van der Waals surface area contributed by atoms with Crippen molar-refractivity contribution in [1.82, 2.24) is 9.78 Å². The fraction of sp³-hybridized carbons (Fsp3) is 0.333. The molecule has 1 heterocycles. The quantitative estimate of drug-likeness (QED) is 0.541. The van der Waals surface area contributed by atoms with E-state index in [9.17, 15) is 0 Å². The maximum absolute atomic E-state index is 8.30. The Bertz CT molecular complexity index is 252. The summed E-state index contributed by atoms with van der Waals surface area (Å²) in [4.78, 5) is 0. The van der Waals surface area contributed by atoms with Crippen LogP contribution in [-0.2, 0) is 6.54 Å². The molecule has 0 aliphatic carbocycles. The van der Waals surface area contributed by atoms with E-state index in [-0.39, 0.29) is 0 Å². The van der Waals surface area contributed by atoms with Gasteiger partial charge >= 0.3 is 0 Å². The van der Waals surface area contributed by atoms with E-state index in [1.54, 1.807) is 4.68 Å². The lowest BCUT2D eigenvalue weighted by Crippen LogP contribution is -2.00. The first-order chi connectivity index (χ1) is 4.74. The lowest BCUT2D eigenvalue weighted by Gasteiger charge is -1.86. The Hall–Kier alpha value is -0.870. The summed E-state index contributed by atoms with van der Waals surface area (Å²) in [5.41, 5.74) is 2.01. The van der Waals surface area contributed by atoms with Gasteiger partial charge in [0.15, 0.2) is 0 Å². The van der Waals surface area contributed by atoms with Gasteiger partial charge in [0.25, 0.3) is 0 Å². The molecule has 1 rings (SSSR count). The minimum atomic E-state index is 0.329. The second-order valence-electron chi connectivity index (χ2n) is 2.05. The molecule has 0 saturated heterocycles. The lowest BCUT2D eigenvalue weighted by molar-refractivity contribution is 0.716. The van der Waals surface area contributed by atoms with Crippen LogP contribution in [0.4, 0.5) is 0 Å². The van der Waals surface area contributed by atoms with Crippen molar-refractivity contribution in [2.45, 2.75) is 13.5 Å². The summed E-state index contributed by atoms with van der Waals surface area (Å²) >= 11 is 0. The Kier molecular flexibility index (Phi) is 2.03. The molecule has 10 heavy (non-hydrogen) atoms. The molecule has 4 heteroatoms. The summed E-state index contributed by atoms with van der Waals surface area (Å²) in [6.07, 6.45) is 1.85. The molecule has 0 radical (unpaired) electrons. The van der Waals surface area contributed by atoms with Gasteiger partial charge in [-0.05, 0) is 12.5 Å². The Morgan fingerprint density at radius 3 is 3.00 bits per heavy atom. The number of hydrogen-bond donors (Lipinski definition) is 0. The zero-order valence-corrected chi connectivity index (χ0v) is 6.86. The standard InChI is InChI=1S/C6H8N3P/c1-5-4-9(3-2-7)8-6(5)10/h4H,3,10H2,1H3. The summed E-state index contributed by atoms with van der Waals surface area (Å²) in [6, 6.07) is 2.02. The van der Waals surface area contributed by atoms with E-state index in [0.717, 1.165) is 11.0 Å². The van der Waals surface area contributed by atoms with Gasteiger partial charge in [0.2, 0.25) is 0 Å². The maximum atomic E-state index is 8.30. The Labute approximate surface area is 61.9 Å². The smallest absolute Gasteiger partial charge is 0.128 e. The van der Waals surface area contributed by atoms with Crippen LogP contribution in [0, 0.1) is 18.3 Å². The van der Waals surface area contributed by atoms with E-state index in [2.05, 4.69) is 14.3 Å². The third-order valence-corrected chi connectivity index (χ3v) is 1.79. The van der Waals surface area contributed by atoms with Crippen LogP contribution in [0.25, 0.3) is 0 Å². The van der Waals surface area contributed by atoms with Crippen molar-refractivity contribution in [2.75, 3.05) is 0 Å². The summed E-state index contributed by atoms with van der Waals surface area (Å²) in [7, 11) is 2.52. The third-order valence-electron chi connectivity index (χ3n) is 1.22. The summed E-state index contributed by atoms with van der Waals surface area (Å²) in [6.45, 7) is 2.29. The molecule has 0 amide bonds. The average molecular weight is 153 g/mol. The van der Waals surface area contributed by atoms with Gasteiger partial charge in [-0.15, -0.1) is 0 Å². The van der Waals surface area contributed by atoms with E-state index in [1.807, 2.05) is 19.2 Å². The van der Waals surface area contributed by atoms with Crippen LogP contribution in [0.1, 0.15) is 5.56 Å². The van der Waals surface area contributed by atoms with Crippen molar-refractivity contribution in [2.24, 2.45) is 0 Å². The van der Waals surface area contributed by atoms with Crippen molar-refractivity contribution >= 4 is 14.7 Å². The minimum Gasteiger partial charge on any atom is -0.258 e. The van der Waals surface area contributed by atoms with Crippen LogP contribution in [0.3, 0.4) is 0 Å². The number of nitriles is 1. The number of rotatable bonds is 1. The molecule has 1 unspecified atom stereocenters. The first kappa shape index (κ1) is 7.24. The largest absolute Gasteiger partial charge is 0.258 e. The van der Waals surface area contributed by atoms with Crippen LogP contribution in [-0.4, -0.2) is 9.78 Å². The number of hydrogen-bond acceptors (Lipinski definition) is 2. The molecule has 0 spiro atoms. The zero-order valence-electron chi connectivity index (χ0n) is 5.70. The molecule has 1 aromatic rings. The molecule has 1 atom stereocenters. The van der Waals surface area contributed by atoms with E-state index >= 15 is 0 Å². The Morgan fingerprint density at radius 2 is 2.60 bits per heavy atom. The lowest BCUT2D eigenvalue weighted by atomic mass is 10.4. The number of aryl methyl sites for hydroxylation is 1. The van der Waals surface area contributed by atoms with Crippen molar-refractivity contribution in [1.29, 1.82) is 5.26 Å². The molecule has 0 fully saturated rings. The van der Waals surface area contributed by atoms with Gasteiger partial charge in [-0.2, -0.15) is 10.4 Å². The van der Waals surface area contributed by atoms with E-state index in [0.29, 0.717) is 6.54 Å². The van der Waals surface area contributed by atoms with Crippen molar-refractivity contribution < 1.29 is 0 Å². The van der Waals surface area contributed by atoms with E-state index < -0.39 is 0 Å². The molecular formula is C6H8N3P. The van der Waals surface area contributed by atoms with E-state index in [1.165, 1.54) is 0 Å². The number of aromatic nitrogens is 2. The monoisotopic (exact) mass is 153 g/mol. The molecule has 0 N–H and O–H groups in total. The topological polar surface area (TPSA) is 41.6 Å². The summed E-state index contributed by atoms with van der Waals surface area (Å²) < 4.78 is 1.62. The molecule has 0 aromatic carbocycles. The van der Waals surface area contributed by atoms with Crippen LogP contribution < -0.4 is 5.44 Å². The summed E-state index contributed by atoms with van der Waals surface area (Å²) in [5.74, 6) is 0. The van der Waals surface area contributed by atoms with Crippen LogP contribution in [0.15, 0.2) is 6.20 Å². The van der Waals surface area contributed by atoms with Crippen molar-refractivity contribution in [3.63, 3.8) is 0 Å². The highest BCUT2D eigenvalue weighted by molar-refractivity contribution is 7.27. The Morgan fingerprint density at radius 1 is 1.90 bits per heavy atom. The fourth-order valence-electron chi connectivity index (χ4n) is 0.689. The highest BCUT2D eigenvalue weighted by Gasteiger charge is 1.97. The van der Waals surface area contributed by atoms with Gasteiger partial charge in [0, 0.05) is 6.20 Å². The predicted octanol–water partition coefficient (Wildman–Crippen LogP) is 0.215. The predicted molar refractivity (Wildman–Crippen MR) is 41.9 cm³/mol. The third kappa shape index (κ3) is 1.34. The first-order valence-electron chi connectivity index (χ1n) is 2.90. The van der Waals surface area contributed by atoms with Gasteiger partial charge in [0.1, 0.15) is 6.54 Å². The molecule has 0 aliphatic rings. The van der Waals surface area contributed by atoms with Crippen LogP contribution in [0.5, 0.6) is 0 Å². The molecule has 3 nitrogen and oxygen atoms in total. The molecule has 1 aromatic heterocycles. The van der Waals surface area contributed by atoms with Crippen LogP contribution >= 0.6 is 9.24 Å². The minimum absolute atomic E-state index is 0.329. The first-order valence-corrected chi connectivity index (χ1v) is 3.48. The van der Waals surface area contributed by atoms with Gasteiger partial charge in [0.05, 0.1) is 11.5 Å². The summed E-state index contributed by atoms with van der Waals surface area (Å²) in [5, 5.41) is 12.4. The molecule has 0 saturated carbocycles. The second-order valence-corrected chi connectivity index (χ2v) is 2.60. The van der Waals surface area contributed by atoms with Gasteiger partial charge in [-0.25, -0.2) is 0 Å². The highest BCUT2D eigenvalue weighted by Crippen LogP contribution is 1.95. The van der Waals surface area contributed by atoms with Crippen LogP contribution in [0.2, 0.25) is 0 Å². The zero-order chi connectivity index (χ0) is 7.56. The molecule has 52 valence electrons. The highest BCUT2D eigenvalue weighted by atomic mass is 31.0. The average Bonchev–Trinajstić information content (AvgIpc) is 2.14. The molecule has 0 aliphatic heterocycles. The van der Waals surface area contributed by atoms with E-state index in [4.69, 9.17) is 5.26 Å². The van der Waals surface area contributed by atoms with Gasteiger partial charge < -0.3 is 0 Å². The second kappa shape index (κ2) is 2.81. The Balaban J connectivity index is 2.90. The normalized spacial score (nSPS) is 9.30. The maximum Gasteiger partial charge on any atom is 0.128 e. The molecular weight excluding hydrogens is 145 g/mol. The fourth-order valence-corrected chi connectivity index (χ4v) is 0.912. The van der Waals surface area contributed by atoms with Crippen molar-refractivity contribution in [3.05, 3.63) is 11.8 Å². The van der Waals surface area contributed by atoms with Gasteiger partial charge in [-0.1, -0.05) is 9.24 Å². The molecule has 0 bridgehead atoms. The number of nitrogens with zero attached hydrogens (tertiary/aromatic N) is 3. The van der Waals surface area contributed by atoms with Crippen molar-refractivity contribution in [3.8, 4) is 6.07 Å². The SMILES string of the molecule is Cc1cn(CC#N)nc1P.